The number of halogens is 1. The van der Waals surface area contributed by atoms with E-state index in [0.29, 0.717) is 4.88 Å². The first-order valence-corrected chi connectivity index (χ1v) is 10.4. The summed E-state index contributed by atoms with van der Waals surface area (Å²) in [6.07, 6.45) is 0. The Balaban J connectivity index is 2.15. The second-order valence-electron chi connectivity index (χ2n) is 8.39. The maximum atomic E-state index is 12.3. The fourth-order valence-electron chi connectivity index (χ4n) is 2.45. The number of hydrogen-bond donors (Lipinski definition) is 0. The first kappa shape index (κ1) is 21.1. The van der Waals surface area contributed by atoms with Gasteiger partial charge in [-0.15, -0.1) is 11.3 Å². The lowest BCUT2D eigenvalue weighted by Crippen LogP contribution is -2.40. The molecule has 26 heavy (non-hydrogen) atoms. The highest BCUT2D eigenvalue weighted by atomic mass is 79.9. The Bertz CT molecular complexity index is 756. The zero-order chi connectivity index (χ0) is 19.5. The highest BCUT2D eigenvalue weighted by molar-refractivity contribution is 9.10. The highest BCUT2D eigenvalue weighted by Crippen LogP contribution is 2.27. The van der Waals surface area contributed by atoms with E-state index in [-0.39, 0.29) is 11.5 Å². The summed E-state index contributed by atoms with van der Waals surface area (Å²) in [5, 5.41) is 0. The van der Waals surface area contributed by atoms with Crippen molar-refractivity contribution < 1.29 is 9.53 Å². The van der Waals surface area contributed by atoms with Gasteiger partial charge in [0.2, 0.25) is 0 Å². The average molecular weight is 438 g/mol. The lowest BCUT2D eigenvalue weighted by Gasteiger charge is -2.35. The van der Waals surface area contributed by atoms with Crippen LogP contribution >= 0.6 is 27.3 Å². The van der Waals surface area contributed by atoms with Gasteiger partial charge in [0.25, 0.3) is 0 Å². The molecule has 0 aliphatic rings. The lowest BCUT2D eigenvalue weighted by molar-refractivity contribution is 0.00752. The molecule has 0 fully saturated rings. The van der Waals surface area contributed by atoms with Gasteiger partial charge in [0.05, 0.1) is 0 Å². The number of hydrogen-bond acceptors (Lipinski definition) is 4. The van der Waals surface area contributed by atoms with Crippen LogP contribution in [0.1, 0.15) is 61.7 Å². The Morgan fingerprint density at radius 3 is 2.27 bits per heavy atom. The van der Waals surface area contributed by atoms with E-state index in [1.54, 1.807) is 0 Å². The van der Waals surface area contributed by atoms with E-state index in [2.05, 4.69) is 59.8 Å². The minimum absolute atomic E-state index is 0.00531. The lowest BCUT2D eigenvalue weighted by atomic mass is 10.0. The molecule has 142 valence electrons. The summed E-state index contributed by atoms with van der Waals surface area (Å²) < 4.78 is 6.59. The Kier molecular flexibility index (Phi) is 6.70. The molecule has 1 heterocycles. The molecule has 1 aromatic heterocycles. The summed E-state index contributed by atoms with van der Waals surface area (Å²) in [4.78, 5) is 16.5. The fraction of sp³-hybridized carbons (Fsp3) is 0.476. The molecule has 0 radical (unpaired) electrons. The largest absolute Gasteiger partial charge is 0.456 e. The Labute approximate surface area is 169 Å². The normalized spacial score (nSPS) is 12.5. The summed E-state index contributed by atoms with van der Waals surface area (Å²) in [5.74, 6) is -0.248. The minimum atomic E-state index is -0.474. The number of carbonyl (C=O) groups excluding carboxylic acids is 1. The number of esters is 1. The Hall–Kier alpha value is -1.17. The standard InChI is InChI=1S/C21H28BrNO2S/c1-20(2,3)23(13-15-9-7-8-10-17(15)22)14-16-11-12-18(26-16)19(24)25-21(4,5)6/h7-12H,13-14H2,1-6H3. The van der Waals surface area contributed by atoms with Crippen molar-refractivity contribution in [2.24, 2.45) is 0 Å². The molecule has 2 aromatic rings. The van der Waals surface area contributed by atoms with Gasteiger partial charge >= 0.3 is 5.97 Å². The number of thiophene rings is 1. The minimum Gasteiger partial charge on any atom is -0.456 e. The van der Waals surface area contributed by atoms with Crippen LogP contribution in [0, 0.1) is 0 Å². The van der Waals surface area contributed by atoms with Crippen molar-refractivity contribution in [1.82, 2.24) is 4.90 Å². The zero-order valence-electron chi connectivity index (χ0n) is 16.4. The van der Waals surface area contributed by atoms with Gasteiger partial charge in [-0.05, 0) is 65.3 Å². The SMILES string of the molecule is CC(C)(C)OC(=O)c1ccc(CN(Cc2ccccc2Br)C(C)(C)C)s1. The summed E-state index contributed by atoms with van der Waals surface area (Å²) in [6, 6.07) is 12.2. The molecule has 0 saturated carbocycles. The van der Waals surface area contributed by atoms with Crippen molar-refractivity contribution in [3.8, 4) is 0 Å². The van der Waals surface area contributed by atoms with Crippen LogP contribution in [-0.4, -0.2) is 22.0 Å². The number of benzene rings is 1. The Morgan fingerprint density at radius 2 is 1.69 bits per heavy atom. The summed E-state index contributed by atoms with van der Waals surface area (Å²) in [5.41, 5.74) is 0.787. The molecular formula is C21H28BrNO2S. The van der Waals surface area contributed by atoms with Crippen LogP contribution < -0.4 is 0 Å². The van der Waals surface area contributed by atoms with Crippen molar-refractivity contribution in [3.05, 3.63) is 56.2 Å². The summed E-state index contributed by atoms with van der Waals surface area (Å²) in [7, 11) is 0. The maximum Gasteiger partial charge on any atom is 0.348 e. The molecule has 5 heteroatoms. The van der Waals surface area contributed by atoms with Gasteiger partial charge in [-0.3, -0.25) is 4.90 Å². The van der Waals surface area contributed by atoms with Crippen LogP contribution in [-0.2, 0) is 17.8 Å². The fourth-order valence-corrected chi connectivity index (χ4v) is 3.76. The number of ether oxygens (including phenoxy) is 1. The van der Waals surface area contributed by atoms with Gasteiger partial charge in [0.1, 0.15) is 10.5 Å². The molecule has 0 atom stereocenters. The quantitative estimate of drug-likeness (QED) is 0.516. The third-order valence-corrected chi connectivity index (χ3v) is 5.70. The van der Waals surface area contributed by atoms with E-state index < -0.39 is 5.60 Å². The maximum absolute atomic E-state index is 12.3. The molecule has 0 aliphatic heterocycles. The van der Waals surface area contributed by atoms with Gasteiger partial charge in [-0.1, -0.05) is 34.1 Å². The molecule has 0 spiro atoms. The molecule has 0 unspecified atom stereocenters. The molecule has 0 amide bonds. The Morgan fingerprint density at radius 1 is 1.04 bits per heavy atom. The molecule has 0 N–H and O–H groups in total. The smallest absolute Gasteiger partial charge is 0.348 e. The van der Waals surface area contributed by atoms with E-state index in [4.69, 9.17) is 4.74 Å². The second kappa shape index (κ2) is 8.24. The predicted molar refractivity (Wildman–Crippen MR) is 113 cm³/mol. The topological polar surface area (TPSA) is 29.5 Å². The third kappa shape index (κ3) is 6.22. The molecule has 0 bridgehead atoms. The van der Waals surface area contributed by atoms with E-state index in [1.165, 1.54) is 16.9 Å². The van der Waals surface area contributed by atoms with Gasteiger partial charge in [0.15, 0.2) is 0 Å². The monoisotopic (exact) mass is 437 g/mol. The second-order valence-corrected chi connectivity index (χ2v) is 10.4. The number of rotatable bonds is 5. The van der Waals surface area contributed by atoms with E-state index in [9.17, 15) is 4.79 Å². The average Bonchev–Trinajstić information content (AvgIpc) is 2.95. The zero-order valence-corrected chi connectivity index (χ0v) is 18.8. The molecule has 2 rings (SSSR count). The summed E-state index contributed by atoms with van der Waals surface area (Å²) >= 11 is 5.16. The first-order valence-electron chi connectivity index (χ1n) is 8.76. The molecule has 0 aliphatic carbocycles. The van der Waals surface area contributed by atoms with Crippen molar-refractivity contribution in [2.45, 2.75) is 65.8 Å². The van der Waals surface area contributed by atoms with E-state index >= 15 is 0 Å². The van der Waals surface area contributed by atoms with Gasteiger partial charge in [-0.2, -0.15) is 0 Å². The van der Waals surface area contributed by atoms with Crippen molar-refractivity contribution in [2.75, 3.05) is 0 Å². The van der Waals surface area contributed by atoms with Gasteiger partial charge in [0, 0.05) is 28.0 Å². The van der Waals surface area contributed by atoms with Crippen LogP contribution in [0.4, 0.5) is 0 Å². The van der Waals surface area contributed by atoms with Gasteiger partial charge < -0.3 is 4.74 Å². The van der Waals surface area contributed by atoms with Crippen LogP contribution in [0.3, 0.4) is 0 Å². The third-order valence-electron chi connectivity index (χ3n) is 3.88. The molecular weight excluding hydrogens is 410 g/mol. The first-order chi connectivity index (χ1) is 12.0. The van der Waals surface area contributed by atoms with Crippen LogP contribution in [0.2, 0.25) is 0 Å². The number of nitrogens with zero attached hydrogens (tertiary/aromatic N) is 1. The molecule has 3 nitrogen and oxygen atoms in total. The van der Waals surface area contributed by atoms with Crippen LogP contribution in [0.5, 0.6) is 0 Å². The van der Waals surface area contributed by atoms with Gasteiger partial charge in [-0.25, -0.2) is 4.79 Å². The number of carbonyl (C=O) groups is 1. The summed E-state index contributed by atoms with van der Waals surface area (Å²) in [6.45, 7) is 13.9. The van der Waals surface area contributed by atoms with Crippen molar-refractivity contribution >= 4 is 33.2 Å². The van der Waals surface area contributed by atoms with Crippen molar-refractivity contribution in [3.63, 3.8) is 0 Å². The molecule has 0 saturated heterocycles. The predicted octanol–water partition coefficient (Wildman–Crippen LogP) is 6.27. The highest BCUT2D eigenvalue weighted by Gasteiger charge is 2.24. The van der Waals surface area contributed by atoms with E-state index in [0.717, 1.165) is 22.4 Å². The van der Waals surface area contributed by atoms with Crippen molar-refractivity contribution in [1.29, 1.82) is 0 Å². The van der Waals surface area contributed by atoms with E-state index in [1.807, 2.05) is 39.0 Å². The molecule has 1 aromatic carbocycles. The van der Waals surface area contributed by atoms with Crippen LogP contribution in [0.15, 0.2) is 40.9 Å². The van der Waals surface area contributed by atoms with Crippen LogP contribution in [0.25, 0.3) is 0 Å².